The van der Waals surface area contributed by atoms with Gasteiger partial charge in [0.1, 0.15) is 17.8 Å². The van der Waals surface area contributed by atoms with Crippen molar-refractivity contribution in [3.63, 3.8) is 0 Å². The largest absolute Gasteiger partial charge is 0.261 e. The Balaban J connectivity index is 2.06. The van der Waals surface area contributed by atoms with Gasteiger partial charge in [0, 0.05) is 18.0 Å². The predicted octanol–water partition coefficient (Wildman–Crippen LogP) is 2.13. The van der Waals surface area contributed by atoms with Crippen LogP contribution >= 0.6 is 0 Å². The number of aromatic nitrogens is 5. The maximum absolute atomic E-state index is 13.1. The average molecular weight is 253 g/mol. The van der Waals surface area contributed by atoms with Crippen molar-refractivity contribution in [3.05, 3.63) is 55.0 Å². The number of pyridine rings is 2. The molecule has 0 fully saturated rings. The van der Waals surface area contributed by atoms with E-state index in [0.29, 0.717) is 22.9 Å². The van der Waals surface area contributed by atoms with E-state index in [1.807, 2.05) is 12.1 Å². The normalized spacial score (nSPS) is 10.4. The van der Waals surface area contributed by atoms with Gasteiger partial charge in [-0.3, -0.25) is 9.97 Å². The van der Waals surface area contributed by atoms with Crippen LogP contribution in [-0.4, -0.2) is 24.9 Å². The van der Waals surface area contributed by atoms with E-state index in [2.05, 4.69) is 24.9 Å². The molecular weight excluding hydrogens is 245 g/mol. The van der Waals surface area contributed by atoms with Crippen molar-refractivity contribution in [2.75, 3.05) is 0 Å². The second-order valence-corrected chi connectivity index (χ2v) is 3.74. The molecule has 5 nitrogen and oxygen atoms in total. The Labute approximate surface area is 108 Å². The van der Waals surface area contributed by atoms with Gasteiger partial charge in [0.25, 0.3) is 0 Å². The molecule has 0 bridgehead atoms. The third-order valence-corrected chi connectivity index (χ3v) is 2.43. The highest BCUT2D eigenvalue weighted by Crippen LogP contribution is 2.17. The molecule has 19 heavy (non-hydrogen) atoms. The standard InChI is InChI=1S/C13H8FN5/c14-10-5-9(6-15-7-10)12-17-8-18-13(19-12)11-3-1-2-4-16-11/h1-8H. The van der Waals surface area contributed by atoms with Gasteiger partial charge in [-0.15, -0.1) is 0 Å². The smallest absolute Gasteiger partial charge is 0.181 e. The van der Waals surface area contributed by atoms with Crippen LogP contribution in [0.1, 0.15) is 0 Å². The van der Waals surface area contributed by atoms with Crippen molar-refractivity contribution in [1.82, 2.24) is 24.9 Å². The molecule has 3 aromatic heterocycles. The van der Waals surface area contributed by atoms with Crippen LogP contribution in [0.4, 0.5) is 4.39 Å². The number of rotatable bonds is 2. The summed E-state index contributed by atoms with van der Waals surface area (Å²) in [4.78, 5) is 20.3. The van der Waals surface area contributed by atoms with E-state index in [-0.39, 0.29) is 0 Å². The van der Waals surface area contributed by atoms with Crippen LogP contribution in [0.25, 0.3) is 22.9 Å². The van der Waals surface area contributed by atoms with Crippen molar-refractivity contribution >= 4 is 0 Å². The van der Waals surface area contributed by atoms with Crippen LogP contribution in [-0.2, 0) is 0 Å². The molecule has 3 aromatic rings. The number of halogens is 1. The summed E-state index contributed by atoms with van der Waals surface area (Å²) in [6.45, 7) is 0. The van der Waals surface area contributed by atoms with Crippen LogP contribution in [0.5, 0.6) is 0 Å². The van der Waals surface area contributed by atoms with Gasteiger partial charge < -0.3 is 0 Å². The minimum absolute atomic E-state index is 0.364. The number of nitrogens with zero attached hydrogens (tertiary/aromatic N) is 5. The molecule has 0 aromatic carbocycles. The van der Waals surface area contributed by atoms with Gasteiger partial charge in [0.05, 0.1) is 6.20 Å². The maximum atomic E-state index is 13.1. The lowest BCUT2D eigenvalue weighted by Gasteiger charge is -2.02. The van der Waals surface area contributed by atoms with Crippen molar-refractivity contribution < 1.29 is 4.39 Å². The van der Waals surface area contributed by atoms with Crippen LogP contribution in [0.3, 0.4) is 0 Å². The fraction of sp³-hybridized carbons (Fsp3) is 0. The molecule has 6 heteroatoms. The highest BCUT2D eigenvalue weighted by atomic mass is 19.1. The third kappa shape index (κ3) is 2.42. The molecule has 3 heterocycles. The van der Waals surface area contributed by atoms with Gasteiger partial charge in [-0.05, 0) is 18.2 Å². The average Bonchev–Trinajstić information content (AvgIpc) is 2.48. The first-order chi connectivity index (χ1) is 9.33. The fourth-order valence-corrected chi connectivity index (χ4v) is 1.59. The maximum Gasteiger partial charge on any atom is 0.181 e. The molecule has 0 saturated heterocycles. The molecular formula is C13H8FN5. The lowest BCUT2D eigenvalue weighted by Crippen LogP contribution is -1.97. The third-order valence-electron chi connectivity index (χ3n) is 2.43. The van der Waals surface area contributed by atoms with Crippen molar-refractivity contribution in [3.8, 4) is 22.9 Å². The first-order valence-electron chi connectivity index (χ1n) is 5.54. The summed E-state index contributed by atoms with van der Waals surface area (Å²) in [7, 11) is 0. The zero-order valence-corrected chi connectivity index (χ0v) is 9.73. The summed E-state index contributed by atoms with van der Waals surface area (Å²) in [5, 5.41) is 0. The van der Waals surface area contributed by atoms with Gasteiger partial charge in [-0.2, -0.15) is 0 Å². The van der Waals surface area contributed by atoms with Crippen LogP contribution in [0.2, 0.25) is 0 Å². The fourth-order valence-electron chi connectivity index (χ4n) is 1.59. The van der Waals surface area contributed by atoms with Gasteiger partial charge in [0.15, 0.2) is 11.6 Å². The molecule has 0 radical (unpaired) electrons. The molecule has 0 saturated carbocycles. The van der Waals surface area contributed by atoms with Crippen molar-refractivity contribution in [1.29, 1.82) is 0 Å². The van der Waals surface area contributed by atoms with E-state index in [9.17, 15) is 4.39 Å². The second-order valence-electron chi connectivity index (χ2n) is 3.74. The zero-order valence-electron chi connectivity index (χ0n) is 9.73. The summed E-state index contributed by atoms with van der Waals surface area (Å²) in [5.74, 6) is 0.370. The van der Waals surface area contributed by atoms with Gasteiger partial charge in [-0.1, -0.05) is 6.07 Å². The monoisotopic (exact) mass is 253 g/mol. The lowest BCUT2D eigenvalue weighted by atomic mass is 10.2. The van der Waals surface area contributed by atoms with Gasteiger partial charge in [0.2, 0.25) is 0 Å². The van der Waals surface area contributed by atoms with Crippen LogP contribution in [0.15, 0.2) is 49.2 Å². The molecule has 0 amide bonds. The molecule has 0 atom stereocenters. The van der Waals surface area contributed by atoms with E-state index < -0.39 is 5.82 Å². The number of hydrogen-bond donors (Lipinski definition) is 0. The van der Waals surface area contributed by atoms with Crippen LogP contribution < -0.4 is 0 Å². The Kier molecular flexibility index (Phi) is 2.89. The summed E-state index contributed by atoms with van der Waals surface area (Å²) >= 11 is 0. The molecule has 0 aliphatic carbocycles. The van der Waals surface area contributed by atoms with E-state index in [1.54, 1.807) is 12.3 Å². The van der Waals surface area contributed by atoms with Crippen LogP contribution in [0, 0.1) is 5.82 Å². The first-order valence-corrected chi connectivity index (χ1v) is 5.54. The Morgan fingerprint density at radius 1 is 0.947 bits per heavy atom. The Hall–Kier alpha value is -2.76. The summed E-state index contributed by atoms with van der Waals surface area (Å²) in [6, 6.07) is 6.77. The van der Waals surface area contributed by atoms with Gasteiger partial charge in [-0.25, -0.2) is 19.3 Å². The SMILES string of the molecule is Fc1cncc(-c2ncnc(-c3ccccn3)n2)c1. The molecule has 0 spiro atoms. The highest BCUT2D eigenvalue weighted by molar-refractivity contribution is 5.57. The Bertz CT molecular complexity index is 702. The minimum Gasteiger partial charge on any atom is -0.261 e. The summed E-state index contributed by atoms with van der Waals surface area (Å²) < 4.78 is 13.1. The topological polar surface area (TPSA) is 64.5 Å². The summed E-state index contributed by atoms with van der Waals surface area (Å²) in [6.07, 6.45) is 5.66. The second kappa shape index (κ2) is 4.85. The molecule has 0 aliphatic heterocycles. The van der Waals surface area contributed by atoms with Crippen molar-refractivity contribution in [2.45, 2.75) is 0 Å². The van der Waals surface area contributed by atoms with E-state index in [0.717, 1.165) is 6.20 Å². The van der Waals surface area contributed by atoms with Crippen molar-refractivity contribution in [2.24, 2.45) is 0 Å². The molecule has 0 N–H and O–H groups in total. The predicted molar refractivity (Wildman–Crippen MR) is 66.2 cm³/mol. The Morgan fingerprint density at radius 2 is 1.84 bits per heavy atom. The highest BCUT2D eigenvalue weighted by Gasteiger charge is 2.07. The summed E-state index contributed by atoms with van der Waals surface area (Å²) in [5.41, 5.74) is 1.13. The zero-order chi connectivity index (χ0) is 13.1. The lowest BCUT2D eigenvalue weighted by molar-refractivity contribution is 0.622. The van der Waals surface area contributed by atoms with E-state index >= 15 is 0 Å². The van der Waals surface area contributed by atoms with Gasteiger partial charge >= 0.3 is 0 Å². The van der Waals surface area contributed by atoms with E-state index in [1.165, 1.54) is 18.6 Å². The first kappa shape index (κ1) is 11.3. The molecule has 3 rings (SSSR count). The Morgan fingerprint density at radius 3 is 2.63 bits per heavy atom. The molecule has 0 unspecified atom stereocenters. The minimum atomic E-state index is -0.433. The molecule has 92 valence electrons. The molecule has 0 aliphatic rings. The van der Waals surface area contributed by atoms with E-state index in [4.69, 9.17) is 0 Å². The quantitative estimate of drug-likeness (QED) is 0.700. The number of hydrogen-bond acceptors (Lipinski definition) is 5.